The highest BCUT2D eigenvalue weighted by Crippen LogP contribution is 2.31. The molecule has 2 aliphatic heterocycles. The predicted octanol–water partition coefficient (Wildman–Crippen LogP) is 2.92. The van der Waals surface area contributed by atoms with Crippen molar-refractivity contribution in [2.75, 3.05) is 18.0 Å². The molecule has 1 saturated heterocycles. The first-order valence-electron chi connectivity index (χ1n) is 8.70. The van der Waals surface area contributed by atoms with E-state index in [9.17, 15) is 9.59 Å². The molecule has 2 aliphatic rings. The van der Waals surface area contributed by atoms with Crippen molar-refractivity contribution >= 4 is 22.4 Å². The summed E-state index contributed by atoms with van der Waals surface area (Å²) in [6.45, 7) is 2.04. The number of hydrogen-bond donors (Lipinski definition) is 0. The van der Waals surface area contributed by atoms with Crippen molar-refractivity contribution < 1.29 is 4.79 Å². The predicted molar refractivity (Wildman–Crippen MR) is 96.8 cm³/mol. The minimum Gasteiger partial charge on any atom is -0.371 e. The number of nitrogens with zero attached hydrogens (tertiary/aromatic N) is 3. The van der Waals surface area contributed by atoms with Gasteiger partial charge in [-0.15, -0.1) is 0 Å². The van der Waals surface area contributed by atoms with Crippen LogP contribution in [0.4, 0.5) is 5.69 Å². The lowest BCUT2D eigenvalue weighted by molar-refractivity contribution is 0.103. The first-order chi connectivity index (χ1) is 12.2. The van der Waals surface area contributed by atoms with Crippen LogP contribution in [0.3, 0.4) is 0 Å². The Labute approximate surface area is 144 Å². The van der Waals surface area contributed by atoms with Gasteiger partial charge in [-0.2, -0.15) is 0 Å². The number of rotatable bonds is 1. The summed E-state index contributed by atoms with van der Waals surface area (Å²) in [5, 5.41) is 0.537. The van der Waals surface area contributed by atoms with E-state index in [0.29, 0.717) is 22.2 Å². The summed E-state index contributed by atoms with van der Waals surface area (Å²) in [5.74, 6) is 0.0394. The second kappa shape index (κ2) is 5.28. The van der Waals surface area contributed by atoms with Crippen LogP contribution in [-0.2, 0) is 0 Å². The lowest BCUT2D eigenvalue weighted by atomic mass is 10.1. The molecule has 0 amide bonds. The van der Waals surface area contributed by atoms with Crippen LogP contribution in [0.25, 0.3) is 16.6 Å². The number of aromatic nitrogens is 2. The Bertz CT molecular complexity index is 1080. The smallest absolute Gasteiger partial charge is 0.266 e. The number of benzene rings is 2. The number of fused-ring (bicyclic) bond motifs is 4. The summed E-state index contributed by atoms with van der Waals surface area (Å²) in [4.78, 5) is 32.5. The maximum atomic E-state index is 13.0. The zero-order chi connectivity index (χ0) is 17.0. The number of anilines is 1. The molecule has 1 aromatic heterocycles. The summed E-state index contributed by atoms with van der Waals surface area (Å²) in [5.41, 5.74) is 2.67. The molecule has 0 bridgehead atoms. The molecule has 0 unspecified atom stereocenters. The number of hydrogen-bond acceptors (Lipinski definition) is 4. The number of carbonyl (C=O) groups is 1. The van der Waals surface area contributed by atoms with E-state index < -0.39 is 0 Å². The Kier molecular flexibility index (Phi) is 3.04. The van der Waals surface area contributed by atoms with E-state index in [2.05, 4.69) is 9.88 Å². The van der Waals surface area contributed by atoms with Crippen LogP contribution >= 0.6 is 0 Å². The monoisotopic (exact) mass is 331 g/mol. The number of ketones is 1. The molecule has 3 aromatic rings. The van der Waals surface area contributed by atoms with E-state index in [1.54, 1.807) is 12.1 Å². The molecule has 5 nitrogen and oxygen atoms in total. The van der Waals surface area contributed by atoms with Crippen LogP contribution in [0.15, 0.2) is 47.3 Å². The number of carbonyl (C=O) groups excluding carboxylic acids is 1. The molecule has 0 saturated carbocycles. The van der Waals surface area contributed by atoms with Gasteiger partial charge in [-0.05, 0) is 49.6 Å². The fourth-order valence-corrected chi connectivity index (χ4v) is 3.87. The SMILES string of the molecule is O=C1c2ccc(N3CCCCC3)cc2-n2c1nc1ccccc1c2=O. The molecule has 5 heteroatoms. The van der Waals surface area contributed by atoms with E-state index in [-0.39, 0.29) is 17.2 Å². The van der Waals surface area contributed by atoms with Gasteiger partial charge < -0.3 is 4.90 Å². The average Bonchev–Trinajstić information content (AvgIpc) is 2.95. The van der Waals surface area contributed by atoms with Gasteiger partial charge >= 0.3 is 0 Å². The summed E-state index contributed by atoms with van der Waals surface area (Å²) >= 11 is 0. The van der Waals surface area contributed by atoms with Gasteiger partial charge in [-0.1, -0.05) is 12.1 Å². The van der Waals surface area contributed by atoms with E-state index in [1.165, 1.54) is 23.8 Å². The molecule has 2 aromatic carbocycles. The largest absolute Gasteiger partial charge is 0.371 e. The molecule has 25 heavy (non-hydrogen) atoms. The van der Waals surface area contributed by atoms with Crippen LogP contribution in [-0.4, -0.2) is 28.4 Å². The summed E-state index contributed by atoms with van der Waals surface area (Å²) < 4.78 is 1.48. The standard InChI is InChI=1S/C20H17N3O2/c24-18-15-9-8-13(22-10-4-1-5-11-22)12-17(15)23-19(18)21-16-7-3-2-6-14(16)20(23)25/h2-3,6-9,12H,1,4-5,10-11H2. The van der Waals surface area contributed by atoms with Crippen LogP contribution in [0.5, 0.6) is 0 Å². The van der Waals surface area contributed by atoms with Gasteiger partial charge in [0.15, 0.2) is 5.82 Å². The molecule has 0 N–H and O–H groups in total. The Morgan fingerprint density at radius 2 is 1.72 bits per heavy atom. The Morgan fingerprint density at radius 3 is 2.56 bits per heavy atom. The first-order valence-corrected chi connectivity index (χ1v) is 8.70. The van der Waals surface area contributed by atoms with Gasteiger partial charge in [-0.25, -0.2) is 4.98 Å². The van der Waals surface area contributed by atoms with Crippen molar-refractivity contribution in [2.45, 2.75) is 19.3 Å². The van der Waals surface area contributed by atoms with Gasteiger partial charge in [0, 0.05) is 18.8 Å². The van der Waals surface area contributed by atoms with Crippen molar-refractivity contribution in [2.24, 2.45) is 0 Å². The van der Waals surface area contributed by atoms with E-state index in [0.717, 1.165) is 18.8 Å². The van der Waals surface area contributed by atoms with Gasteiger partial charge in [0.25, 0.3) is 5.56 Å². The highest BCUT2D eigenvalue weighted by molar-refractivity contribution is 6.13. The second-order valence-electron chi connectivity index (χ2n) is 6.67. The maximum absolute atomic E-state index is 13.0. The van der Waals surface area contributed by atoms with Crippen molar-refractivity contribution in [1.29, 1.82) is 0 Å². The third kappa shape index (κ3) is 2.05. The lowest BCUT2D eigenvalue weighted by Gasteiger charge is -2.29. The molecular formula is C20H17N3O2. The third-order valence-corrected chi connectivity index (χ3v) is 5.17. The van der Waals surface area contributed by atoms with E-state index >= 15 is 0 Å². The Morgan fingerprint density at radius 1 is 0.920 bits per heavy atom. The quantitative estimate of drug-likeness (QED) is 0.538. The molecule has 3 heterocycles. The van der Waals surface area contributed by atoms with Crippen LogP contribution in [0, 0.1) is 0 Å². The molecule has 0 atom stereocenters. The van der Waals surface area contributed by atoms with Crippen molar-refractivity contribution in [1.82, 2.24) is 9.55 Å². The zero-order valence-electron chi connectivity index (χ0n) is 13.7. The van der Waals surface area contributed by atoms with Gasteiger partial charge in [0.2, 0.25) is 5.78 Å². The van der Waals surface area contributed by atoms with Crippen molar-refractivity contribution in [3.8, 4) is 5.69 Å². The average molecular weight is 331 g/mol. The minimum absolute atomic E-state index is 0.177. The Hall–Kier alpha value is -2.95. The van der Waals surface area contributed by atoms with Crippen molar-refractivity contribution in [3.63, 3.8) is 0 Å². The van der Waals surface area contributed by atoms with E-state index in [1.807, 2.05) is 30.3 Å². The number of piperidine rings is 1. The zero-order valence-corrected chi connectivity index (χ0v) is 13.7. The summed E-state index contributed by atoms with van der Waals surface area (Å²) in [7, 11) is 0. The van der Waals surface area contributed by atoms with Gasteiger partial charge in [0.05, 0.1) is 22.2 Å². The third-order valence-electron chi connectivity index (χ3n) is 5.17. The molecule has 0 radical (unpaired) electrons. The fraction of sp³-hybridized carbons (Fsp3) is 0.250. The van der Waals surface area contributed by atoms with Crippen LogP contribution in [0.1, 0.15) is 35.4 Å². The number of para-hydroxylation sites is 1. The van der Waals surface area contributed by atoms with E-state index in [4.69, 9.17) is 0 Å². The highest BCUT2D eigenvalue weighted by atomic mass is 16.1. The molecular weight excluding hydrogens is 314 g/mol. The fourth-order valence-electron chi connectivity index (χ4n) is 3.87. The molecule has 124 valence electrons. The first kappa shape index (κ1) is 14.4. The second-order valence-corrected chi connectivity index (χ2v) is 6.67. The summed E-state index contributed by atoms with van der Waals surface area (Å²) in [6.07, 6.45) is 3.62. The molecule has 0 aliphatic carbocycles. The highest BCUT2D eigenvalue weighted by Gasteiger charge is 2.31. The van der Waals surface area contributed by atoms with Gasteiger partial charge in [-0.3, -0.25) is 14.2 Å². The Balaban J connectivity index is 1.74. The summed E-state index contributed by atoms with van der Waals surface area (Å²) in [6, 6.07) is 13.0. The molecule has 0 spiro atoms. The van der Waals surface area contributed by atoms with Crippen molar-refractivity contribution in [3.05, 3.63) is 64.2 Å². The van der Waals surface area contributed by atoms with Gasteiger partial charge in [0.1, 0.15) is 0 Å². The normalized spacial score (nSPS) is 16.2. The lowest BCUT2D eigenvalue weighted by Crippen LogP contribution is -2.29. The minimum atomic E-state index is -0.178. The molecule has 5 rings (SSSR count). The maximum Gasteiger partial charge on any atom is 0.266 e. The van der Waals surface area contributed by atoms with Crippen LogP contribution in [0.2, 0.25) is 0 Å². The molecule has 1 fully saturated rings. The van der Waals surface area contributed by atoms with Crippen LogP contribution < -0.4 is 10.5 Å². The topological polar surface area (TPSA) is 55.2 Å².